The van der Waals surface area contributed by atoms with E-state index in [2.05, 4.69) is 15.1 Å². The van der Waals surface area contributed by atoms with Crippen molar-refractivity contribution in [3.05, 3.63) is 24.2 Å². The molecule has 0 spiro atoms. The summed E-state index contributed by atoms with van der Waals surface area (Å²) in [4.78, 5) is 10.7. The quantitative estimate of drug-likeness (QED) is 0.837. The van der Waals surface area contributed by atoms with Gasteiger partial charge in [0.25, 0.3) is 5.89 Å². The highest BCUT2D eigenvalue weighted by molar-refractivity contribution is 5.54. The number of hydrogen-bond acceptors (Lipinski definition) is 6. The molecule has 0 radical (unpaired) electrons. The summed E-state index contributed by atoms with van der Waals surface area (Å²) in [7, 11) is 3.90. The van der Waals surface area contributed by atoms with E-state index in [1.165, 1.54) is 0 Å². The van der Waals surface area contributed by atoms with Crippen LogP contribution >= 0.6 is 0 Å². The van der Waals surface area contributed by atoms with Gasteiger partial charge in [-0.15, -0.1) is 0 Å². The van der Waals surface area contributed by atoms with Gasteiger partial charge in [0.05, 0.1) is 12.2 Å². The van der Waals surface area contributed by atoms with Crippen molar-refractivity contribution in [3.63, 3.8) is 0 Å². The second kappa shape index (κ2) is 4.97. The lowest BCUT2D eigenvalue weighted by Crippen LogP contribution is -2.09. The fourth-order valence-electron chi connectivity index (χ4n) is 2.03. The largest absolute Gasteiger partial charge is 0.381 e. The number of rotatable bonds is 3. The van der Waals surface area contributed by atoms with Gasteiger partial charge in [-0.3, -0.25) is 0 Å². The minimum absolute atomic E-state index is 0.256. The lowest BCUT2D eigenvalue weighted by molar-refractivity contribution is 0.192. The van der Waals surface area contributed by atoms with Gasteiger partial charge < -0.3 is 14.2 Å². The summed E-state index contributed by atoms with van der Waals surface area (Å²) in [5.74, 6) is 2.39. The summed E-state index contributed by atoms with van der Waals surface area (Å²) in [6.07, 6.45) is 2.70. The predicted octanol–water partition coefficient (Wildman–Crippen LogP) is 1.70. The van der Waals surface area contributed by atoms with E-state index < -0.39 is 0 Å². The fourth-order valence-corrected chi connectivity index (χ4v) is 2.03. The maximum absolute atomic E-state index is 5.33. The number of hydrogen-bond donors (Lipinski definition) is 0. The van der Waals surface area contributed by atoms with Crippen molar-refractivity contribution < 1.29 is 9.26 Å². The lowest BCUT2D eigenvalue weighted by Gasteiger charge is -2.10. The van der Waals surface area contributed by atoms with E-state index in [0.717, 1.165) is 30.2 Å². The zero-order valence-electron chi connectivity index (χ0n) is 11.0. The number of aromatic nitrogens is 3. The first kappa shape index (κ1) is 12.1. The maximum atomic E-state index is 5.33. The minimum Gasteiger partial charge on any atom is -0.381 e. The van der Waals surface area contributed by atoms with Crippen LogP contribution < -0.4 is 4.90 Å². The Hall–Kier alpha value is -1.95. The summed E-state index contributed by atoms with van der Waals surface area (Å²) in [5, 5.41) is 4.03. The molecule has 1 aliphatic heterocycles. The lowest BCUT2D eigenvalue weighted by atomic mass is 10.1. The second-order valence-electron chi connectivity index (χ2n) is 4.82. The molecular weight excluding hydrogens is 244 g/mol. The summed E-state index contributed by atoms with van der Waals surface area (Å²) >= 11 is 0. The van der Waals surface area contributed by atoms with Gasteiger partial charge in [-0.25, -0.2) is 4.98 Å². The van der Waals surface area contributed by atoms with E-state index in [9.17, 15) is 0 Å². The highest BCUT2D eigenvalue weighted by atomic mass is 16.5. The number of nitrogens with zero attached hydrogens (tertiary/aromatic N) is 4. The summed E-state index contributed by atoms with van der Waals surface area (Å²) in [6.45, 7) is 1.45. The zero-order chi connectivity index (χ0) is 13.2. The molecule has 3 rings (SSSR count). The molecule has 2 aromatic heterocycles. The summed E-state index contributed by atoms with van der Waals surface area (Å²) in [6, 6.07) is 3.86. The molecule has 2 aromatic rings. The molecule has 6 nitrogen and oxygen atoms in total. The first-order valence-corrected chi connectivity index (χ1v) is 6.29. The molecule has 0 N–H and O–H groups in total. The van der Waals surface area contributed by atoms with Crippen molar-refractivity contribution in [1.29, 1.82) is 0 Å². The molecular formula is C13H16N4O2. The van der Waals surface area contributed by atoms with Gasteiger partial charge in [-0.2, -0.15) is 4.98 Å². The molecule has 0 bridgehead atoms. The Labute approximate surface area is 111 Å². The van der Waals surface area contributed by atoms with Crippen molar-refractivity contribution >= 4 is 5.82 Å². The third-order valence-corrected chi connectivity index (χ3v) is 3.19. The normalized spacial score (nSPS) is 18.7. The van der Waals surface area contributed by atoms with Crippen molar-refractivity contribution in [2.75, 3.05) is 32.2 Å². The molecule has 0 amide bonds. The van der Waals surface area contributed by atoms with Gasteiger partial charge in [0.2, 0.25) is 0 Å². The summed E-state index contributed by atoms with van der Waals surface area (Å²) < 4.78 is 10.6. The van der Waals surface area contributed by atoms with Crippen LogP contribution in [0, 0.1) is 0 Å². The van der Waals surface area contributed by atoms with E-state index in [1.54, 1.807) is 6.20 Å². The van der Waals surface area contributed by atoms with Crippen LogP contribution in [0.25, 0.3) is 11.5 Å². The number of anilines is 1. The van der Waals surface area contributed by atoms with Crippen LogP contribution in [0.3, 0.4) is 0 Å². The van der Waals surface area contributed by atoms with Crippen molar-refractivity contribution in [2.24, 2.45) is 0 Å². The first-order chi connectivity index (χ1) is 9.24. The van der Waals surface area contributed by atoms with Gasteiger partial charge in [0.15, 0.2) is 5.82 Å². The smallest absolute Gasteiger partial charge is 0.259 e. The van der Waals surface area contributed by atoms with Gasteiger partial charge in [0, 0.05) is 32.8 Å². The van der Waals surface area contributed by atoms with Crippen molar-refractivity contribution in [3.8, 4) is 11.5 Å². The van der Waals surface area contributed by atoms with E-state index in [0.29, 0.717) is 12.5 Å². The van der Waals surface area contributed by atoms with Crippen LogP contribution in [0.1, 0.15) is 18.2 Å². The predicted molar refractivity (Wildman–Crippen MR) is 70.0 cm³/mol. The molecule has 0 aromatic carbocycles. The van der Waals surface area contributed by atoms with Crippen molar-refractivity contribution in [2.45, 2.75) is 12.3 Å². The monoisotopic (exact) mass is 260 g/mol. The Morgan fingerprint density at radius 3 is 2.84 bits per heavy atom. The average Bonchev–Trinajstić information content (AvgIpc) is 3.10. The van der Waals surface area contributed by atoms with Gasteiger partial charge in [0.1, 0.15) is 5.82 Å². The maximum Gasteiger partial charge on any atom is 0.259 e. The SMILES string of the molecule is CN(C)c1ccc(-c2nc([C@@H]3CCOC3)no2)cn1. The Morgan fingerprint density at radius 2 is 2.21 bits per heavy atom. The molecule has 1 saturated heterocycles. The highest BCUT2D eigenvalue weighted by Gasteiger charge is 2.23. The van der Waals surface area contributed by atoms with Crippen LogP contribution in [0.5, 0.6) is 0 Å². The molecule has 0 unspecified atom stereocenters. The molecule has 19 heavy (non-hydrogen) atoms. The third kappa shape index (κ3) is 2.44. The topological polar surface area (TPSA) is 64.3 Å². The Balaban J connectivity index is 1.81. The zero-order valence-corrected chi connectivity index (χ0v) is 11.0. The van der Waals surface area contributed by atoms with Gasteiger partial charge in [-0.05, 0) is 18.6 Å². The fraction of sp³-hybridized carbons (Fsp3) is 0.462. The number of ether oxygens (including phenoxy) is 1. The molecule has 3 heterocycles. The molecule has 0 aliphatic carbocycles. The number of pyridine rings is 1. The molecule has 1 fully saturated rings. The van der Waals surface area contributed by atoms with Gasteiger partial charge in [-0.1, -0.05) is 5.16 Å². The molecule has 0 saturated carbocycles. The Bertz CT molecular complexity index is 544. The van der Waals surface area contributed by atoms with Crippen LogP contribution in [0.4, 0.5) is 5.82 Å². The van der Waals surface area contributed by atoms with E-state index in [4.69, 9.17) is 9.26 Å². The van der Waals surface area contributed by atoms with Crippen LogP contribution in [0.2, 0.25) is 0 Å². The van der Waals surface area contributed by atoms with Crippen LogP contribution in [0.15, 0.2) is 22.9 Å². The third-order valence-electron chi connectivity index (χ3n) is 3.19. The van der Waals surface area contributed by atoms with Crippen molar-refractivity contribution in [1.82, 2.24) is 15.1 Å². The molecule has 1 atom stereocenters. The average molecular weight is 260 g/mol. The minimum atomic E-state index is 0.256. The second-order valence-corrected chi connectivity index (χ2v) is 4.82. The van der Waals surface area contributed by atoms with Crippen LogP contribution in [-0.2, 0) is 4.74 Å². The standard InChI is InChI=1S/C13H16N4O2/c1-17(2)11-4-3-9(7-14-11)13-15-12(16-19-13)10-5-6-18-8-10/h3-4,7,10H,5-6,8H2,1-2H3/t10-/m1/s1. The highest BCUT2D eigenvalue weighted by Crippen LogP contribution is 2.25. The Kier molecular flexibility index (Phi) is 3.16. The molecule has 100 valence electrons. The van der Waals surface area contributed by atoms with E-state index in [1.807, 2.05) is 31.1 Å². The van der Waals surface area contributed by atoms with E-state index in [-0.39, 0.29) is 5.92 Å². The van der Waals surface area contributed by atoms with E-state index >= 15 is 0 Å². The van der Waals surface area contributed by atoms with Gasteiger partial charge >= 0.3 is 0 Å². The molecule has 6 heteroatoms. The van der Waals surface area contributed by atoms with Crippen LogP contribution in [-0.4, -0.2) is 42.4 Å². The molecule has 1 aliphatic rings. The Morgan fingerprint density at radius 1 is 1.32 bits per heavy atom. The summed E-state index contributed by atoms with van der Waals surface area (Å²) in [5.41, 5.74) is 0.836. The first-order valence-electron chi connectivity index (χ1n) is 6.29.